The van der Waals surface area contributed by atoms with Gasteiger partial charge in [-0.15, -0.1) is 5.10 Å². The van der Waals surface area contributed by atoms with Crippen LogP contribution in [0.3, 0.4) is 0 Å². The van der Waals surface area contributed by atoms with E-state index in [1.165, 1.54) is 6.42 Å². The van der Waals surface area contributed by atoms with Gasteiger partial charge in [-0.3, -0.25) is 0 Å². The maximum atomic E-state index is 4.43. The molecule has 0 aliphatic carbocycles. The van der Waals surface area contributed by atoms with Crippen molar-refractivity contribution in [2.45, 2.75) is 32.4 Å². The topological polar surface area (TPSA) is 60.6 Å². The Morgan fingerprint density at radius 1 is 1.50 bits per heavy atom. The normalized spacial score (nSPS) is 20.2. The van der Waals surface area contributed by atoms with E-state index in [-0.39, 0.29) is 0 Å². The number of hydrogen-bond acceptors (Lipinski definition) is 4. The Morgan fingerprint density at radius 3 is 3.22 bits per heavy atom. The first kappa shape index (κ1) is 11.4. The molecule has 3 heterocycles. The van der Waals surface area contributed by atoms with Gasteiger partial charge in [-0.25, -0.2) is 9.67 Å². The summed E-state index contributed by atoms with van der Waals surface area (Å²) in [4.78, 5) is 4.43. The van der Waals surface area contributed by atoms with Crippen LogP contribution >= 0.6 is 0 Å². The van der Waals surface area contributed by atoms with E-state index in [1.54, 1.807) is 0 Å². The van der Waals surface area contributed by atoms with Crippen LogP contribution in [0.25, 0.3) is 11.5 Å². The summed E-state index contributed by atoms with van der Waals surface area (Å²) in [5.74, 6) is 0.952. The molecule has 1 fully saturated rings. The third kappa shape index (κ3) is 1.92. The van der Waals surface area contributed by atoms with Crippen LogP contribution in [0.2, 0.25) is 0 Å². The molecule has 2 aromatic rings. The second-order valence-corrected chi connectivity index (χ2v) is 4.60. The molecule has 0 bridgehead atoms. The highest BCUT2D eigenvalue weighted by Gasteiger charge is 2.21. The SMILES string of the molecule is CCn1ccnc1-c1cnnn1C1CCCNC1. The van der Waals surface area contributed by atoms with Crippen molar-refractivity contribution in [3.8, 4) is 11.5 Å². The lowest BCUT2D eigenvalue weighted by molar-refractivity contribution is 0.343. The highest BCUT2D eigenvalue weighted by molar-refractivity contribution is 5.48. The predicted octanol–water partition coefficient (Wildman–Crippen LogP) is 1.09. The Kier molecular flexibility index (Phi) is 3.10. The zero-order valence-corrected chi connectivity index (χ0v) is 10.6. The smallest absolute Gasteiger partial charge is 0.159 e. The zero-order valence-electron chi connectivity index (χ0n) is 10.6. The molecule has 2 aromatic heterocycles. The molecule has 3 rings (SSSR count). The molecule has 0 aromatic carbocycles. The number of aryl methyl sites for hydroxylation is 1. The number of hydrogen-bond donors (Lipinski definition) is 1. The summed E-state index contributed by atoms with van der Waals surface area (Å²) in [7, 11) is 0. The third-order valence-electron chi connectivity index (χ3n) is 3.48. The molecule has 0 saturated carbocycles. The average Bonchev–Trinajstić information content (AvgIpc) is 3.07. The maximum absolute atomic E-state index is 4.43. The van der Waals surface area contributed by atoms with Crippen LogP contribution in [0.4, 0.5) is 0 Å². The lowest BCUT2D eigenvalue weighted by Crippen LogP contribution is -2.32. The highest BCUT2D eigenvalue weighted by atomic mass is 15.4. The van der Waals surface area contributed by atoms with Gasteiger partial charge in [0.05, 0.1) is 12.2 Å². The molecule has 6 heteroatoms. The van der Waals surface area contributed by atoms with Gasteiger partial charge in [0.2, 0.25) is 0 Å². The van der Waals surface area contributed by atoms with Gasteiger partial charge in [0, 0.05) is 25.5 Å². The van der Waals surface area contributed by atoms with E-state index >= 15 is 0 Å². The second-order valence-electron chi connectivity index (χ2n) is 4.60. The first-order chi connectivity index (χ1) is 8.90. The number of nitrogens with zero attached hydrogens (tertiary/aromatic N) is 5. The molecule has 1 aliphatic heterocycles. The van der Waals surface area contributed by atoms with E-state index < -0.39 is 0 Å². The van der Waals surface area contributed by atoms with Crippen molar-refractivity contribution in [2.75, 3.05) is 13.1 Å². The Hall–Kier alpha value is -1.69. The van der Waals surface area contributed by atoms with Gasteiger partial charge >= 0.3 is 0 Å². The first-order valence-corrected chi connectivity index (χ1v) is 6.52. The third-order valence-corrected chi connectivity index (χ3v) is 3.48. The van der Waals surface area contributed by atoms with Gasteiger partial charge < -0.3 is 9.88 Å². The molecule has 1 atom stereocenters. The average molecular weight is 246 g/mol. The van der Waals surface area contributed by atoms with E-state index in [4.69, 9.17) is 0 Å². The van der Waals surface area contributed by atoms with Gasteiger partial charge in [0.25, 0.3) is 0 Å². The van der Waals surface area contributed by atoms with Crippen molar-refractivity contribution in [3.05, 3.63) is 18.6 Å². The van der Waals surface area contributed by atoms with Crippen molar-refractivity contribution >= 4 is 0 Å². The van der Waals surface area contributed by atoms with Crippen molar-refractivity contribution in [1.29, 1.82) is 0 Å². The Bertz CT molecular complexity index is 508. The molecule has 18 heavy (non-hydrogen) atoms. The minimum atomic E-state index is 0.387. The van der Waals surface area contributed by atoms with E-state index in [0.717, 1.165) is 37.6 Å². The molecule has 96 valence electrons. The number of piperidine rings is 1. The molecular formula is C12H18N6. The van der Waals surface area contributed by atoms with Crippen LogP contribution in [0, 0.1) is 0 Å². The summed E-state index contributed by atoms with van der Waals surface area (Å²) >= 11 is 0. The standard InChI is InChI=1S/C12H18N6/c1-2-17-7-6-14-12(17)11-9-15-16-18(11)10-4-3-5-13-8-10/h6-7,9-10,13H,2-5,8H2,1H3. The largest absolute Gasteiger partial charge is 0.330 e. The van der Waals surface area contributed by atoms with Crippen molar-refractivity contribution < 1.29 is 0 Å². The molecule has 1 saturated heterocycles. The van der Waals surface area contributed by atoms with E-state index in [2.05, 4.69) is 32.1 Å². The minimum Gasteiger partial charge on any atom is -0.330 e. The molecule has 0 amide bonds. The quantitative estimate of drug-likeness (QED) is 0.880. The Labute approximate surface area is 106 Å². The van der Waals surface area contributed by atoms with Crippen molar-refractivity contribution in [3.63, 3.8) is 0 Å². The Balaban J connectivity index is 1.95. The molecule has 1 N–H and O–H groups in total. The highest BCUT2D eigenvalue weighted by Crippen LogP contribution is 2.23. The maximum Gasteiger partial charge on any atom is 0.159 e. The summed E-state index contributed by atoms with van der Waals surface area (Å²) in [6, 6.07) is 0.387. The fourth-order valence-corrected chi connectivity index (χ4v) is 2.51. The van der Waals surface area contributed by atoms with Gasteiger partial charge in [0.1, 0.15) is 5.69 Å². The minimum absolute atomic E-state index is 0.387. The molecule has 0 spiro atoms. The number of nitrogens with one attached hydrogen (secondary N) is 1. The van der Waals surface area contributed by atoms with Gasteiger partial charge in [0.15, 0.2) is 5.82 Å². The van der Waals surface area contributed by atoms with E-state index in [1.807, 2.05) is 23.3 Å². The van der Waals surface area contributed by atoms with Gasteiger partial charge in [-0.05, 0) is 26.3 Å². The van der Waals surface area contributed by atoms with Crippen LogP contribution in [0.15, 0.2) is 18.6 Å². The van der Waals surface area contributed by atoms with Crippen LogP contribution in [-0.2, 0) is 6.54 Å². The number of aromatic nitrogens is 5. The van der Waals surface area contributed by atoms with Crippen LogP contribution < -0.4 is 5.32 Å². The lowest BCUT2D eigenvalue weighted by Gasteiger charge is -2.24. The molecular weight excluding hydrogens is 228 g/mol. The van der Waals surface area contributed by atoms with Crippen LogP contribution in [-0.4, -0.2) is 37.6 Å². The van der Waals surface area contributed by atoms with Crippen LogP contribution in [0.5, 0.6) is 0 Å². The fourth-order valence-electron chi connectivity index (χ4n) is 2.51. The van der Waals surface area contributed by atoms with Crippen molar-refractivity contribution in [2.24, 2.45) is 0 Å². The monoisotopic (exact) mass is 246 g/mol. The first-order valence-electron chi connectivity index (χ1n) is 6.52. The lowest BCUT2D eigenvalue weighted by atomic mass is 10.1. The number of imidazole rings is 1. The Morgan fingerprint density at radius 2 is 2.44 bits per heavy atom. The summed E-state index contributed by atoms with van der Waals surface area (Å²) < 4.78 is 4.13. The molecule has 1 aliphatic rings. The molecule has 1 unspecified atom stereocenters. The number of rotatable bonds is 3. The van der Waals surface area contributed by atoms with Crippen LogP contribution in [0.1, 0.15) is 25.8 Å². The molecule has 0 radical (unpaired) electrons. The summed E-state index contributed by atoms with van der Waals surface area (Å²) in [6.07, 6.45) is 7.96. The second kappa shape index (κ2) is 4.89. The van der Waals surface area contributed by atoms with Crippen molar-refractivity contribution in [1.82, 2.24) is 29.9 Å². The van der Waals surface area contributed by atoms with Gasteiger partial charge in [-0.1, -0.05) is 5.21 Å². The van der Waals surface area contributed by atoms with Gasteiger partial charge in [-0.2, -0.15) is 0 Å². The fraction of sp³-hybridized carbons (Fsp3) is 0.583. The predicted molar refractivity (Wildman–Crippen MR) is 68.1 cm³/mol. The summed E-state index contributed by atoms with van der Waals surface area (Å²) in [5, 5.41) is 11.7. The van der Waals surface area contributed by atoms with E-state index in [9.17, 15) is 0 Å². The zero-order chi connectivity index (χ0) is 12.4. The molecule has 6 nitrogen and oxygen atoms in total. The summed E-state index contributed by atoms with van der Waals surface area (Å²) in [5.41, 5.74) is 1.01. The van der Waals surface area contributed by atoms with E-state index in [0.29, 0.717) is 6.04 Å². The summed E-state index contributed by atoms with van der Waals surface area (Å²) in [6.45, 7) is 5.08.